The predicted molar refractivity (Wildman–Crippen MR) is 85.1 cm³/mol. The summed E-state index contributed by atoms with van der Waals surface area (Å²) in [6.45, 7) is 0.350. The van der Waals surface area contributed by atoms with Crippen molar-refractivity contribution in [2.75, 3.05) is 10.8 Å². The predicted octanol–water partition coefficient (Wildman–Crippen LogP) is 1.84. The summed E-state index contributed by atoms with van der Waals surface area (Å²) in [6.07, 6.45) is 1.52. The van der Waals surface area contributed by atoms with E-state index >= 15 is 0 Å². The van der Waals surface area contributed by atoms with Crippen molar-refractivity contribution in [3.05, 3.63) is 58.6 Å². The minimum atomic E-state index is -3.86. The summed E-state index contributed by atoms with van der Waals surface area (Å²) in [4.78, 5) is 11.0. The third kappa shape index (κ3) is 2.80. The van der Waals surface area contributed by atoms with Gasteiger partial charge in [0.2, 0.25) is 0 Å². The number of carbonyl (C=O) groups is 1. The second-order valence-electron chi connectivity index (χ2n) is 5.24. The van der Waals surface area contributed by atoms with Crippen LogP contribution in [-0.4, -0.2) is 20.9 Å². The number of fused-ring (bicyclic) bond motifs is 1. The van der Waals surface area contributed by atoms with Gasteiger partial charge in [0.1, 0.15) is 0 Å². The Hall–Kier alpha value is -2.05. The van der Waals surface area contributed by atoms with Gasteiger partial charge in [0, 0.05) is 17.1 Å². The molecule has 0 fully saturated rings. The van der Waals surface area contributed by atoms with Crippen LogP contribution in [0.25, 0.3) is 0 Å². The van der Waals surface area contributed by atoms with Gasteiger partial charge in [-0.25, -0.2) is 8.42 Å². The number of benzene rings is 2. The second-order valence-corrected chi connectivity index (χ2v) is 7.51. The van der Waals surface area contributed by atoms with E-state index in [0.29, 0.717) is 18.7 Å². The van der Waals surface area contributed by atoms with Crippen LogP contribution in [0.2, 0.25) is 5.02 Å². The van der Waals surface area contributed by atoms with Crippen molar-refractivity contribution in [3.63, 3.8) is 0 Å². The molecule has 2 aromatic carbocycles. The molecule has 1 aliphatic heterocycles. The highest BCUT2D eigenvalue weighted by molar-refractivity contribution is 7.92. The van der Waals surface area contributed by atoms with E-state index in [1.165, 1.54) is 16.4 Å². The number of hydrogen-bond acceptors (Lipinski definition) is 4. The number of nitrogens with zero attached hydrogens (tertiary/aromatic N) is 1. The Labute approximate surface area is 139 Å². The van der Waals surface area contributed by atoms with Crippen molar-refractivity contribution in [3.8, 4) is 0 Å². The van der Waals surface area contributed by atoms with Crippen LogP contribution in [-0.2, 0) is 16.4 Å². The van der Waals surface area contributed by atoms with Gasteiger partial charge in [0.05, 0.1) is 16.6 Å². The number of halogens is 1. The van der Waals surface area contributed by atoms with Gasteiger partial charge in [-0.15, -0.1) is 0 Å². The first-order chi connectivity index (χ1) is 10.9. The van der Waals surface area contributed by atoms with Crippen molar-refractivity contribution in [2.45, 2.75) is 17.7 Å². The molecule has 23 heavy (non-hydrogen) atoms. The number of carboxylic acids is 1. The molecule has 0 aliphatic carbocycles. The van der Waals surface area contributed by atoms with E-state index in [-0.39, 0.29) is 15.5 Å². The number of anilines is 1. The molecular weight excluding hydrogens is 338 g/mol. The highest BCUT2D eigenvalue weighted by atomic mass is 35.5. The Morgan fingerprint density at radius 2 is 1.91 bits per heavy atom. The number of para-hydroxylation sites is 1. The molecule has 1 aliphatic rings. The molecule has 0 radical (unpaired) electrons. The van der Waals surface area contributed by atoms with Gasteiger partial charge in [-0.05, 0) is 42.7 Å². The van der Waals surface area contributed by atoms with Crippen LogP contribution in [0.3, 0.4) is 0 Å². The molecule has 0 atom stereocenters. The molecule has 5 nitrogen and oxygen atoms in total. The van der Waals surface area contributed by atoms with Gasteiger partial charge in [0.15, 0.2) is 0 Å². The lowest BCUT2D eigenvalue weighted by Crippen LogP contribution is -2.35. The Kier molecular flexibility index (Phi) is 4.04. The molecule has 0 unspecified atom stereocenters. The summed E-state index contributed by atoms with van der Waals surface area (Å²) in [5.74, 6) is -1.51. The number of hydrogen-bond donors (Lipinski definition) is 0. The van der Waals surface area contributed by atoms with Gasteiger partial charge in [-0.1, -0.05) is 29.8 Å². The van der Waals surface area contributed by atoms with Crippen molar-refractivity contribution in [2.24, 2.45) is 0 Å². The Balaban J connectivity index is 2.10. The van der Waals surface area contributed by atoms with E-state index in [1.54, 1.807) is 12.1 Å². The summed E-state index contributed by atoms with van der Waals surface area (Å²) in [7, 11) is -3.86. The lowest BCUT2D eigenvalue weighted by molar-refractivity contribution is -0.255. The average Bonchev–Trinajstić information content (AvgIpc) is 2.54. The van der Waals surface area contributed by atoms with Crippen molar-refractivity contribution in [1.29, 1.82) is 0 Å². The molecule has 0 spiro atoms. The first-order valence-corrected chi connectivity index (χ1v) is 8.84. The number of rotatable bonds is 3. The maximum Gasteiger partial charge on any atom is 0.264 e. The molecule has 0 saturated heterocycles. The van der Waals surface area contributed by atoms with E-state index < -0.39 is 16.0 Å². The lowest BCUT2D eigenvalue weighted by atomic mass is 10.0. The molecule has 0 saturated carbocycles. The molecule has 7 heteroatoms. The molecule has 0 aromatic heterocycles. The Morgan fingerprint density at radius 3 is 2.65 bits per heavy atom. The lowest BCUT2D eigenvalue weighted by Gasteiger charge is -2.30. The molecule has 120 valence electrons. The minimum absolute atomic E-state index is 0.0528. The molecule has 0 bridgehead atoms. The summed E-state index contributed by atoms with van der Waals surface area (Å²) < 4.78 is 27.1. The first kappa shape index (κ1) is 15.8. The SMILES string of the molecule is O=C([O-])c1cc(S(=O)(=O)N2CCCc3ccccc32)ccc1Cl. The third-order valence-electron chi connectivity index (χ3n) is 3.81. The van der Waals surface area contributed by atoms with Crippen LogP contribution in [0.15, 0.2) is 47.4 Å². The molecule has 0 N–H and O–H groups in total. The Bertz CT molecular complexity index is 879. The molecular formula is C16H13ClNO4S-. The minimum Gasteiger partial charge on any atom is -0.545 e. The largest absolute Gasteiger partial charge is 0.545 e. The van der Waals surface area contributed by atoms with Crippen LogP contribution >= 0.6 is 11.6 Å². The standard InChI is InChI=1S/C16H14ClNO4S/c17-14-8-7-12(10-13(14)16(19)20)23(21,22)18-9-3-5-11-4-1-2-6-15(11)18/h1-2,4,6-8,10H,3,5,9H2,(H,19,20)/p-1. The monoisotopic (exact) mass is 350 g/mol. The van der Waals surface area contributed by atoms with E-state index in [4.69, 9.17) is 11.6 Å². The van der Waals surface area contributed by atoms with Crippen LogP contribution in [0, 0.1) is 0 Å². The highest BCUT2D eigenvalue weighted by Crippen LogP contribution is 2.32. The summed E-state index contributed by atoms with van der Waals surface area (Å²) in [5.41, 5.74) is 1.25. The molecule has 1 heterocycles. The van der Waals surface area contributed by atoms with Crippen LogP contribution in [0.5, 0.6) is 0 Å². The van der Waals surface area contributed by atoms with Gasteiger partial charge in [-0.2, -0.15) is 0 Å². The van der Waals surface area contributed by atoms with Gasteiger partial charge in [0.25, 0.3) is 10.0 Å². The van der Waals surface area contributed by atoms with Gasteiger partial charge < -0.3 is 9.90 Å². The van der Waals surface area contributed by atoms with E-state index in [1.807, 2.05) is 12.1 Å². The summed E-state index contributed by atoms with van der Waals surface area (Å²) >= 11 is 5.78. The number of carboxylic acid groups (broad SMARTS) is 1. The summed E-state index contributed by atoms with van der Waals surface area (Å²) in [5, 5.41) is 11.0. The van der Waals surface area contributed by atoms with Crippen LogP contribution < -0.4 is 9.41 Å². The van der Waals surface area contributed by atoms with Crippen LogP contribution in [0.1, 0.15) is 22.3 Å². The van der Waals surface area contributed by atoms with Crippen molar-refractivity contribution >= 4 is 33.3 Å². The smallest absolute Gasteiger partial charge is 0.264 e. The number of aryl methyl sites for hydroxylation is 1. The van der Waals surface area contributed by atoms with Crippen molar-refractivity contribution < 1.29 is 18.3 Å². The number of carbonyl (C=O) groups excluding carboxylic acids is 1. The first-order valence-electron chi connectivity index (χ1n) is 7.03. The fourth-order valence-electron chi connectivity index (χ4n) is 2.70. The fraction of sp³-hybridized carbons (Fsp3) is 0.188. The van der Waals surface area contributed by atoms with E-state index in [9.17, 15) is 18.3 Å². The number of sulfonamides is 1. The zero-order valence-corrected chi connectivity index (χ0v) is 13.6. The maximum absolute atomic E-state index is 12.9. The molecule has 3 rings (SSSR count). The second kappa shape index (κ2) is 5.86. The number of aromatic carboxylic acids is 1. The zero-order chi connectivity index (χ0) is 16.6. The Morgan fingerprint density at radius 1 is 1.17 bits per heavy atom. The van der Waals surface area contributed by atoms with Gasteiger partial charge in [-0.3, -0.25) is 4.31 Å². The summed E-state index contributed by atoms with van der Waals surface area (Å²) in [6, 6.07) is 10.9. The van der Waals surface area contributed by atoms with Gasteiger partial charge >= 0.3 is 0 Å². The maximum atomic E-state index is 12.9. The quantitative estimate of drug-likeness (QED) is 0.846. The highest BCUT2D eigenvalue weighted by Gasteiger charge is 2.29. The zero-order valence-electron chi connectivity index (χ0n) is 12.0. The van der Waals surface area contributed by atoms with Crippen molar-refractivity contribution in [1.82, 2.24) is 0 Å². The molecule has 0 amide bonds. The molecule has 2 aromatic rings. The fourth-order valence-corrected chi connectivity index (χ4v) is 4.46. The third-order valence-corrected chi connectivity index (χ3v) is 5.95. The normalized spacial score (nSPS) is 14.4. The average molecular weight is 351 g/mol. The van der Waals surface area contributed by atoms with Crippen LogP contribution in [0.4, 0.5) is 5.69 Å². The van der Waals surface area contributed by atoms with E-state index in [2.05, 4.69) is 0 Å². The van der Waals surface area contributed by atoms with E-state index in [0.717, 1.165) is 18.1 Å². The topological polar surface area (TPSA) is 77.5 Å².